The third-order valence-corrected chi connectivity index (χ3v) is 2.90. The van der Waals surface area contributed by atoms with Crippen LogP contribution in [0.4, 0.5) is 13.2 Å². The van der Waals surface area contributed by atoms with Gasteiger partial charge in [0.25, 0.3) is 0 Å². The van der Waals surface area contributed by atoms with Gasteiger partial charge in [-0.25, -0.2) is 0 Å². The first-order valence-electron chi connectivity index (χ1n) is 4.86. The largest absolute Gasteiger partial charge is 0.536 e. The lowest BCUT2D eigenvalue weighted by Crippen LogP contribution is -2.24. The highest BCUT2D eigenvalue weighted by atomic mass is 32.2. The molecule has 0 unspecified atom stereocenters. The molecule has 9 heteroatoms. The first-order chi connectivity index (χ1) is 8.67. The molecule has 0 amide bonds. The number of oxime groups is 1. The van der Waals surface area contributed by atoms with Gasteiger partial charge in [0.15, 0.2) is 0 Å². The highest BCUT2D eigenvalue weighted by Gasteiger charge is 2.49. The monoisotopic (exact) mass is 297 g/mol. The minimum absolute atomic E-state index is 0.0181. The highest BCUT2D eigenvalue weighted by Crippen LogP contribution is 2.25. The van der Waals surface area contributed by atoms with Crippen LogP contribution in [0.3, 0.4) is 0 Å². The zero-order valence-electron chi connectivity index (χ0n) is 9.93. The predicted octanol–water partition coefficient (Wildman–Crippen LogP) is 2.29. The Balaban J connectivity index is 2.88. The molecule has 0 saturated heterocycles. The molecule has 1 rings (SSSR count). The van der Waals surface area contributed by atoms with Crippen molar-refractivity contribution in [3.8, 4) is 5.75 Å². The topological polar surface area (TPSA) is 65.0 Å². The van der Waals surface area contributed by atoms with Crippen LogP contribution in [0.1, 0.15) is 12.5 Å². The number of hydrogen-bond donors (Lipinski definition) is 0. The van der Waals surface area contributed by atoms with Crippen molar-refractivity contribution in [2.24, 2.45) is 5.16 Å². The van der Waals surface area contributed by atoms with Gasteiger partial charge >= 0.3 is 15.6 Å². The lowest BCUT2D eigenvalue weighted by atomic mass is 10.1. The van der Waals surface area contributed by atoms with E-state index < -0.39 is 15.6 Å². The fraction of sp³-hybridized carbons (Fsp3) is 0.300. The fourth-order valence-corrected chi connectivity index (χ4v) is 1.33. The molecule has 0 saturated carbocycles. The molecular weight excluding hydrogens is 287 g/mol. The minimum Gasteiger partial charge on any atom is -0.497 e. The lowest BCUT2D eigenvalue weighted by molar-refractivity contribution is -0.0540. The summed E-state index contributed by atoms with van der Waals surface area (Å²) in [5.41, 5.74) is -5.12. The maximum absolute atomic E-state index is 12.0. The Bertz CT molecular complexity index is 563. The van der Waals surface area contributed by atoms with Crippen LogP contribution < -0.4 is 4.74 Å². The molecule has 0 radical (unpaired) electrons. The SMILES string of the molecule is COc1ccc(/C(C)=N/OS(=O)(=O)C(F)(F)F)cc1. The summed E-state index contributed by atoms with van der Waals surface area (Å²) in [6.45, 7) is 1.31. The molecule has 1 aromatic rings. The Morgan fingerprint density at radius 3 is 2.16 bits per heavy atom. The highest BCUT2D eigenvalue weighted by molar-refractivity contribution is 7.87. The van der Waals surface area contributed by atoms with Crippen LogP contribution in [-0.4, -0.2) is 26.7 Å². The first kappa shape index (κ1) is 15.3. The van der Waals surface area contributed by atoms with Crippen molar-refractivity contribution in [3.63, 3.8) is 0 Å². The summed E-state index contributed by atoms with van der Waals surface area (Å²) in [5, 5.41) is 2.96. The molecule has 0 fully saturated rings. The molecule has 19 heavy (non-hydrogen) atoms. The van der Waals surface area contributed by atoms with E-state index in [4.69, 9.17) is 4.74 Å². The summed E-state index contributed by atoms with van der Waals surface area (Å²) >= 11 is 0. The van der Waals surface area contributed by atoms with E-state index in [9.17, 15) is 21.6 Å². The molecule has 0 N–H and O–H groups in total. The molecule has 0 aliphatic carbocycles. The summed E-state index contributed by atoms with van der Waals surface area (Å²) in [4.78, 5) is 0. The second-order valence-electron chi connectivity index (χ2n) is 3.38. The molecule has 0 heterocycles. The lowest BCUT2D eigenvalue weighted by Gasteiger charge is -2.06. The van der Waals surface area contributed by atoms with Crippen LogP contribution in [0.5, 0.6) is 5.75 Å². The minimum atomic E-state index is -5.73. The average molecular weight is 297 g/mol. The van der Waals surface area contributed by atoms with E-state index in [0.29, 0.717) is 11.3 Å². The standard InChI is InChI=1S/C10H10F3NO4S/c1-7(8-3-5-9(17-2)6-4-8)14-18-19(15,16)10(11,12)13/h3-6H,1-2H3/b14-7+. The van der Waals surface area contributed by atoms with Crippen LogP contribution in [0.15, 0.2) is 29.4 Å². The van der Waals surface area contributed by atoms with E-state index in [1.165, 1.54) is 26.2 Å². The Hall–Kier alpha value is -1.77. The van der Waals surface area contributed by atoms with Gasteiger partial charge in [-0.05, 0) is 36.8 Å². The van der Waals surface area contributed by atoms with Crippen molar-refractivity contribution in [3.05, 3.63) is 29.8 Å². The van der Waals surface area contributed by atoms with Crippen LogP contribution >= 0.6 is 0 Å². The number of nitrogens with zero attached hydrogens (tertiary/aromatic N) is 1. The Labute approximate surface area is 107 Å². The van der Waals surface area contributed by atoms with E-state index in [1.807, 2.05) is 0 Å². The summed E-state index contributed by atoms with van der Waals surface area (Å²) in [7, 11) is -4.27. The predicted molar refractivity (Wildman–Crippen MR) is 61.3 cm³/mol. The van der Waals surface area contributed by atoms with Gasteiger partial charge in [0.2, 0.25) is 0 Å². The van der Waals surface area contributed by atoms with Crippen LogP contribution in [0.2, 0.25) is 0 Å². The number of hydrogen-bond acceptors (Lipinski definition) is 5. The van der Waals surface area contributed by atoms with E-state index in [0.717, 1.165) is 0 Å². The maximum Gasteiger partial charge on any atom is 0.536 e. The third kappa shape index (κ3) is 3.85. The molecule has 0 aromatic heterocycles. The third-order valence-electron chi connectivity index (χ3n) is 2.06. The fourth-order valence-electron chi connectivity index (χ4n) is 1.03. The number of ether oxygens (including phenoxy) is 1. The van der Waals surface area contributed by atoms with Crippen LogP contribution in [0, 0.1) is 0 Å². The quantitative estimate of drug-likeness (QED) is 0.486. The zero-order chi connectivity index (χ0) is 14.7. The second-order valence-corrected chi connectivity index (χ2v) is 4.90. The van der Waals surface area contributed by atoms with Crippen molar-refractivity contribution < 1.29 is 30.6 Å². The van der Waals surface area contributed by atoms with E-state index in [-0.39, 0.29) is 5.71 Å². The van der Waals surface area contributed by atoms with E-state index in [2.05, 4.69) is 9.44 Å². The molecule has 5 nitrogen and oxygen atoms in total. The molecule has 0 atom stereocenters. The molecule has 0 spiro atoms. The Kier molecular flexibility index (Phi) is 4.40. The Morgan fingerprint density at radius 2 is 1.74 bits per heavy atom. The van der Waals surface area contributed by atoms with E-state index >= 15 is 0 Å². The Morgan fingerprint density at radius 1 is 1.21 bits per heavy atom. The van der Waals surface area contributed by atoms with Gasteiger partial charge in [-0.3, -0.25) is 4.28 Å². The first-order valence-corrected chi connectivity index (χ1v) is 6.27. The average Bonchev–Trinajstić information content (AvgIpc) is 2.35. The zero-order valence-corrected chi connectivity index (χ0v) is 10.7. The van der Waals surface area contributed by atoms with Gasteiger partial charge in [0.05, 0.1) is 12.8 Å². The van der Waals surface area contributed by atoms with E-state index in [1.54, 1.807) is 12.1 Å². The molecule has 106 valence electrons. The summed E-state index contributed by atoms with van der Waals surface area (Å²) in [6.07, 6.45) is 0. The van der Waals surface area contributed by atoms with Gasteiger partial charge in [-0.2, -0.15) is 21.6 Å². The normalized spacial score (nSPS) is 13.2. The smallest absolute Gasteiger partial charge is 0.497 e. The maximum atomic E-state index is 12.0. The molecular formula is C10H10F3NO4S. The number of alkyl halides is 3. The summed E-state index contributed by atoms with van der Waals surface area (Å²) in [5.74, 6) is 0.542. The van der Waals surface area contributed by atoms with Crippen LogP contribution in [0.25, 0.3) is 0 Å². The summed E-state index contributed by atoms with van der Waals surface area (Å²) in [6, 6.07) is 6.10. The second kappa shape index (κ2) is 5.47. The number of halogens is 3. The molecule has 1 aromatic carbocycles. The van der Waals surface area contributed by atoms with Crippen molar-refractivity contribution in [1.82, 2.24) is 0 Å². The van der Waals surface area contributed by atoms with Gasteiger partial charge < -0.3 is 4.74 Å². The van der Waals surface area contributed by atoms with Gasteiger partial charge in [-0.1, -0.05) is 5.16 Å². The molecule has 0 aliphatic heterocycles. The van der Waals surface area contributed by atoms with Gasteiger partial charge in [0, 0.05) is 0 Å². The van der Waals surface area contributed by atoms with Crippen molar-refractivity contribution in [1.29, 1.82) is 0 Å². The summed E-state index contributed by atoms with van der Waals surface area (Å²) < 4.78 is 65.6. The number of rotatable bonds is 4. The van der Waals surface area contributed by atoms with Crippen molar-refractivity contribution >= 4 is 15.8 Å². The van der Waals surface area contributed by atoms with Crippen molar-refractivity contribution in [2.45, 2.75) is 12.4 Å². The van der Waals surface area contributed by atoms with Gasteiger partial charge in [0.1, 0.15) is 5.75 Å². The van der Waals surface area contributed by atoms with Crippen LogP contribution in [-0.2, 0) is 14.4 Å². The van der Waals surface area contributed by atoms with Crippen molar-refractivity contribution in [2.75, 3.05) is 7.11 Å². The molecule has 0 aliphatic rings. The number of methoxy groups -OCH3 is 1. The number of benzene rings is 1. The molecule has 0 bridgehead atoms. The van der Waals surface area contributed by atoms with Gasteiger partial charge in [-0.15, -0.1) is 0 Å².